The Bertz CT molecular complexity index is 3630. The van der Waals surface area contributed by atoms with Crippen molar-refractivity contribution in [3.05, 3.63) is 91.0 Å². The highest BCUT2D eigenvalue weighted by Crippen LogP contribution is 2.46. The number of aliphatic hydroxyl groups excluding tert-OH is 3. The van der Waals surface area contributed by atoms with Crippen LogP contribution >= 0.6 is 11.8 Å². The molecule has 1 aliphatic carbocycles. The van der Waals surface area contributed by atoms with Crippen molar-refractivity contribution in [1.29, 1.82) is 0 Å². The molecule has 30 nitrogen and oxygen atoms in total. The van der Waals surface area contributed by atoms with Gasteiger partial charge in [-0.1, -0.05) is 13.0 Å². The SMILES string of the molecule is CCC1(O)C(=O)OCc2c1cc1n(c2=O)Cc2c-1nc1cc(F)c(C)c3c1c2C(NC(=O)OCc1ccc(OC2OC(C(=O)O)C(O)C(O)C2O)c(CNC(=O)CCNC(=O)C(CNC(=O)CCOCCOC)NC(=O)C(CN)N2C(=O)CC(SC)C2=O)c1)CC3. The molecule has 2 aromatic heterocycles. The van der Waals surface area contributed by atoms with Crippen LogP contribution in [-0.4, -0.2) is 194 Å². The minimum absolute atomic E-state index is 0.00130. The van der Waals surface area contributed by atoms with E-state index in [1.807, 2.05) is 0 Å². The average molecular weight is 1290 g/mol. The van der Waals surface area contributed by atoms with E-state index in [4.69, 9.17) is 39.1 Å². The van der Waals surface area contributed by atoms with Crippen molar-refractivity contribution in [2.75, 3.05) is 52.8 Å². The van der Waals surface area contributed by atoms with Crippen molar-refractivity contribution in [3.63, 3.8) is 0 Å². The Morgan fingerprint density at radius 3 is 2.41 bits per heavy atom. The minimum Gasteiger partial charge on any atom is -0.479 e. The van der Waals surface area contributed by atoms with Gasteiger partial charge in [0.1, 0.15) is 55.2 Å². The number of aryl methyl sites for hydroxylation is 1. The second kappa shape index (κ2) is 28.5. The Morgan fingerprint density at radius 2 is 1.70 bits per heavy atom. The van der Waals surface area contributed by atoms with Gasteiger partial charge in [-0.3, -0.25) is 38.5 Å². The summed E-state index contributed by atoms with van der Waals surface area (Å²) < 4.78 is 49.5. The molecule has 0 bridgehead atoms. The number of amides is 7. The third-order valence-corrected chi connectivity index (χ3v) is 17.6. The number of hydrogen-bond acceptors (Lipinski definition) is 23. The molecular formula is C59H70FN9O21S. The molecular weight excluding hydrogens is 1220 g/mol. The molecule has 0 spiro atoms. The van der Waals surface area contributed by atoms with Crippen LogP contribution in [0.3, 0.4) is 0 Å². The minimum atomic E-state index is -2.12. The van der Waals surface area contributed by atoms with E-state index in [1.54, 1.807) is 20.1 Å². The van der Waals surface area contributed by atoms with Crippen LogP contribution in [0.1, 0.15) is 89.6 Å². The molecule has 2 aromatic carbocycles. The van der Waals surface area contributed by atoms with Crippen LogP contribution in [0.4, 0.5) is 9.18 Å². The number of carboxylic acid groups (broad SMARTS) is 1. The van der Waals surface area contributed by atoms with E-state index in [9.17, 15) is 73.5 Å². The fourth-order valence-corrected chi connectivity index (χ4v) is 12.3. The van der Waals surface area contributed by atoms with Crippen molar-refractivity contribution >= 4 is 76.1 Å². The number of alkyl carbamates (subject to hydrolysis) is 1. The van der Waals surface area contributed by atoms with E-state index in [0.717, 1.165) is 16.7 Å². The number of nitrogens with zero attached hydrogens (tertiary/aromatic N) is 3. The monoisotopic (exact) mass is 1290 g/mol. The van der Waals surface area contributed by atoms with Crippen molar-refractivity contribution in [2.24, 2.45) is 5.73 Å². The van der Waals surface area contributed by atoms with E-state index in [2.05, 4.69) is 26.6 Å². The lowest BCUT2D eigenvalue weighted by Gasteiger charge is -2.38. The first-order chi connectivity index (χ1) is 43.4. The number of benzene rings is 2. The summed E-state index contributed by atoms with van der Waals surface area (Å²) in [5.41, 5.74) is 6.67. The second-order valence-electron chi connectivity index (χ2n) is 22.2. The third-order valence-electron chi connectivity index (χ3n) is 16.7. The van der Waals surface area contributed by atoms with Crippen LogP contribution < -0.4 is 42.6 Å². The summed E-state index contributed by atoms with van der Waals surface area (Å²) in [6, 6.07) is 3.13. The summed E-state index contributed by atoms with van der Waals surface area (Å²) in [4.78, 5) is 138. The fraction of sp³-hybridized carbons (Fsp3) is 0.508. The molecule has 2 saturated heterocycles. The number of carbonyl (C=O) groups is 9. The lowest BCUT2D eigenvalue weighted by atomic mass is 9.81. The van der Waals surface area contributed by atoms with Gasteiger partial charge in [-0.2, -0.15) is 11.8 Å². The van der Waals surface area contributed by atoms with E-state index >= 15 is 4.39 Å². The van der Waals surface area contributed by atoms with E-state index in [0.29, 0.717) is 34.1 Å². The molecule has 5 aliphatic rings. The number of aromatic nitrogens is 2. The van der Waals surface area contributed by atoms with Gasteiger partial charge in [-0.15, -0.1) is 0 Å². The standard InChI is InChI=1S/C59H70FN9O21S/c1-5-59(84)32-17-37-46-30(23-68(37)53(78)31(32)25-87-57(59)82)45-34(8-7-29-26(2)33(60)18-35(65-46)44(29)45)67-58(83)88-24-27-6-9-39(89-56-49(75)47(73)48(74)50(90-56)55(80)81)28(16-27)21-63-41(70)10-12-62-51(76)36(22-64-42(71)11-13-86-15-14-85-3)66-52(77)38(20-61)69-43(72)19-40(91-4)54(69)79/h6,9,16-18,34,36,38,40,47-50,56,73-75,84H,5,7-8,10-15,19-25,61H2,1-4H3,(H,62,76)(H,63,70)(H,64,71)(H,66,77)(H,67,83)(H,80,81). The van der Waals surface area contributed by atoms with Crippen LogP contribution in [0, 0.1) is 12.7 Å². The highest BCUT2D eigenvalue weighted by Gasteiger charge is 2.50. The molecule has 10 unspecified atom stereocenters. The number of aliphatic carboxylic acids is 1. The zero-order chi connectivity index (χ0) is 65.7. The molecule has 490 valence electrons. The van der Waals surface area contributed by atoms with Gasteiger partial charge in [-0.05, 0) is 72.9 Å². The Balaban J connectivity index is 0.901. The molecule has 9 rings (SSSR count). The van der Waals surface area contributed by atoms with Crippen LogP contribution in [0.15, 0.2) is 35.1 Å². The predicted molar refractivity (Wildman–Crippen MR) is 313 cm³/mol. The van der Waals surface area contributed by atoms with E-state index in [1.165, 1.54) is 42.0 Å². The van der Waals surface area contributed by atoms with Crippen molar-refractivity contribution in [2.45, 2.75) is 138 Å². The second-order valence-corrected chi connectivity index (χ2v) is 23.3. The summed E-state index contributed by atoms with van der Waals surface area (Å²) >= 11 is 1.12. The lowest BCUT2D eigenvalue weighted by molar-refractivity contribution is -0.271. The third kappa shape index (κ3) is 13.9. The van der Waals surface area contributed by atoms with Crippen LogP contribution in [0.25, 0.3) is 22.3 Å². The van der Waals surface area contributed by atoms with Gasteiger partial charge in [0.15, 0.2) is 11.7 Å². The number of hydrogen-bond donors (Lipinski definition) is 11. The summed E-state index contributed by atoms with van der Waals surface area (Å²) in [7, 11) is 1.47. The fourth-order valence-electron chi connectivity index (χ4n) is 11.6. The highest BCUT2D eigenvalue weighted by atomic mass is 32.2. The summed E-state index contributed by atoms with van der Waals surface area (Å²) in [5, 5.41) is 65.8. The highest BCUT2D eigenvalue weighted by molar-refractivity contribution is 8.00. The number of likely N-dealkylation sites (tertiary alicyclic amines) is 1. The van der Waals surface area contributed by atoms with Gasteiger partial charge < -0.3 is 90.8 Å². The Labute approximate surface area is 521 Å². The molecule has 0 radical (unpaired) electrons. The maximum absolute atomic E-state index is 15.6. The first-order valence-electron chi connectivity index (χ1n) is 29.2. The molecule has 32 heteroatoms. The number of ether oxygens (including phenoxy) is 6. The number of thioether (sulfide) groups is 1. The Morgan fingerprint density at radius 1 is 0.945 bits per heavy atom. The number of carboxylic acids is 1. The number of methoxy groups -OCH3 is 1. The number of rotatable bonds is 26. The van der Waals surface area contributed by atoms with Gasteiger partial charge in [0.25, 0.3) is 5.56 Å². The van der Waals surface area contributed by atoms with Crippen molar-refractivity contribution in [1.82, 2.24) is 41.0 Å². The molecule has 6 heterocycles. The molecule has 4 aliphatic heterocycles. The van der Waals surface area contributed by atoms with Crippen LogP contribution in [0.2, 0.25) is 0 Å². The first-order valence-corrected chi connectivity index (χ1v) is 30.5. The smallest absolute Gasteiger partial charge is 0.407 e. The number of cyclic esters (lactones) is 1. The number of esters is 1. The number of halogens is 1. The molecule has 7 amide bonds. The number of carbonyl (C=O) groups excluding carboxylic acids is 8. The Hall–Kier alpha value is -8.21. The van der Waals surface area contributed by atoms with Gasteiger partial charge >= 0.3 is 18.0 Å². The molecule has 10 atom stereocenters. The van der Waals surface area contributed by atoms with Gasteiger partial charge in [0.2, 0.25) is 41.7 Å². The first kappa shape index (κ1) is 67.2. The number of nitrogens with one attached hydrogen (secondary N) is 5. The topological polar surface area (TPSA) is 434 Å². The Kier molecular flexibility index (Phi) is 21.1. The van der Waals surface area contributed by atoms with Crippen LogP contribution in [0.5, 0.6) is 5.75 Å². The van der Waals surface area contributed by atoms with E-state index in [-0.39, 0.29) is 110 Å². The number of fused-ring (bicyclic) bond motifs is 5. The van der Waals surface area contributed by atoms with Gasteiger partial charge in [0, 0.05) is 80.7 Å². The van der Waals surface area contributed by atoms with Gasteiger partial charge in [0.05, 0.1) is 60.1 Å². The molecule has 2 fully saturated rings. The van der Waals surface area contributed by atoms with Gasteiger partial charge in [-0.25, -0.2) is 23.8 Å². The number of nitrogens with two attached hydrogens (primary N) is 1. The summed E-state index contributed by atoms with van der Waals surface area (Å²) in [6.45, 7) is 1.10. The summed E-state index contributed by atoms with van der Waals surface area (Å²) in [5.74, 6) is -7.68. The number of imide groups is 1. The molecule has 91 heavy (non-hydrogen) atoms. The van der Waals surface area contributed by atoms with Crippen LogP contribution in [-0.2, 0) is 100 Å². The zero-order valence-corrected chi connectivity index (χ0v) is 50.7. The maximum Gasteiger partial charge on any atom is 0.407 e. The quantitative estimate of drug-likeness (QED) is 0.0167. The van der Waals surface area contributed by atoms with Crippen molar-refractivity contribution in [3.8, 4) is 17.1 Å². The molecule has 4 aromatic rings. The zero-order valence-electron chi connectivity index (χ0n) is 49.9. The van der Waals surface area contributed by atoms with E-state index < -0.39 is 157 Å². The maximum atomic E-state index is 15.6. The molecule has 0 saturated carbocycles. The normalized spacial score (nSPS) is 22.9. The van der Waals surface area contributed by atoms with Crippen molar-refractivity contribution < 1.29 is 101 Å². The number of pyridine rings is 2. The predicted octanol–water partition coefficient (Wildman–Crippen LogP) is -1.69. The molecule has 12 N–H and O–H groups in total. The summed E-state index contributed by atoms with van der Waals surface area (Å²) in [6.07, 6.45) is -9.60. The lowest BCUT2D eigenvalue weighted by Crippen LogP contribution is -2.61. The number of aliphatic hydroxyl groups is 4. The average Bonchev–Trinajstić information content (AvgIpc) is 1.63. The largest absolute Gasteiger partial charge is 0.479 e.